The van der Waals surface area contributed by atoms with Gasteiger partial charge in [-0.3, -0.25) is 10.1 Å². The molecule has 2 aromatic carbocycles. The average Bonchev–Trinajstić information content (AvgIpc) is 2.91. The highest BCUT2D eigenvalue weighted by atomic mass is 19.1. The molecule has 0 spiro atoms. The summed E-state index contributed by atoms with van der Waals surface area (Å²) in [5, 5.41) is 26.3. The van der Waals surface area contributed by atoms with E-state index in [1.807, 2.05) is 25.1 Å². The van der Waals surface area contributed by atoms with Crippen molar-refractivity contribution in [3.05, 3.63) is 86.5 Å². The van der Waals surface area contributed by atoms with Crippen molar-refractivity contribution >= 4 is 28.6 Å². The number of halogens is 1. The van der Waals surface area contributed by atoms with Crippen LogP contribution in [-0.4, -0.2) is 33.7 Å². The van der Waals surface area contributed by atoms with Crippen LogP contribution in [0, 0.1) is 34.7 Å². The highest BCUT2D eigenvalue weighted by molar-refractivity contribution is 5.83. The SMILES string of the molecule is C/C=C(\c1cccc(CCCC)c1C)c1nc(Nc2cc([N+](=O)[O-])c(F)cc2NC)ncc1C#CCCO. The molecule has 0 atom stereocenters. The molecule has 0 unspecified atom stereocenters. The van der Waals surface area contributed by atoms with Crippen molar-refractivity contribution in [3.8, 4) is 11.8 Å². The molecule has 0 aliphatic carbocycles. The van der Waals surface area contributed by atoms with E-state index in [-0.39, 0.29) is 18.2 Å². The maximum Gasteiger partial charge on any atom is 0.307 e. The maximum atomic E-state index is 14.2. The van der Waals surface area contributed by atoms with Crippen LogP contribution in [0.25, 0.3) is 5.57 Å². The second-order valence-electron chi connectivity index (χ2n) is 8.61. The molecule has 1 aromatic heterocycles. The highest BCUT2D eigenvalue weighted by Gasteiger charge is 2.20. The fraction of sp³-hybridized carbons (Fsp3) is 0.310. The van der Waals surface area contributed by atoms with Crippen LogP contribution in [0.3, 0.4) is 0 Å². The van der Waals surface area contributed by atoms with Crippen LogP contribution in [-0.2, 0) is 6.42 Å². The number of hydrogen-bond donors (Lipinski definition) is 3. The minimum absolute atomic E-state index is 0.0615. The predicted octanol–water partition coefficient (Wildman–Crippen LogP) is 6.15. The lowest BCUT2D eigenvalue weighted by Gasteiger charge is -2.17. The summed E-state index contributed by atoms with van der Waals surface area (Å²) in [6.45, 7) is 6.13. The largest absolute Gasteiger partial charge is 0.395 e. The molecule has 3 rings (SSSR count). The Labute approximate surface area is 222 Å². The van der Waals surface area contributed by atoms with Crippen molar-refractivity contribution in [2.45, 2.75) is 46.5 Å². The predicted molar refractivity (Wildman–Crippen MR) is 149 cm³/mol. The van der Waals surface area contributed by atoms with Crippen LogP contribution < -0.4 is 10.6 Å². The summed E-state index contributed by atoms with van der Waals surface area (Å²) in [4.78, 5) is 19.6. The van der Waals surface area contributed by atoms with E-state index < -0.39 is 16.4 Å². The standard InChI is InChI=1S/C29H32FN5O3/c1-5-7-11-20-13-10-14-23(19(20)3)22(6-2)28-21(12-8-9-15-36)18-32-29(34-28)33-26-17-27(35(37)38)24(30)16-25(26)31-4/h6,10,13-14,16-18,31,36H,5,7,9,11,15H2,1-4H3,(H,32,33,34)/b22-6+. The number of nitro groups is 1. The molecule has 9 heteroatoms. The molecular formula is C29H32FN5O3. The van der Waals surface area contributed by atoms with Gasteiger partial charge in [0.15, 0.2) is 0 Å². The van der Waals surface area contributed by atoms with Crippen molar-refractivity contribution in [1.82, 2.24) is 9.97 Å². The second-order valence-corrected chi connectivity index (χ2v) is 8.61. The molecule has 198 valence electrons. The monoisotopic (exact) mass is 517 g/mol. The number of hydrogen-bond acceptors (Lipinski definition) is 7. The van der Waals surface area contributed by atoms with Gasteiger partial charge in [-0.25, -0.2) is 9.97 Å². The Morgan fingerprint density at radius 3 is 2.74 bits per heavy atom. The molecule has 0 radical (unpaired) electrons. The first-order valence-corrected chi connectivity index (χ1v) is 12.5. The molecule has 0 aliphatic heterocycles. The van der Waals surface area contributed by atoms with Gasteiger partial charge in [-0.2, -0.15) is 4.39 Å². The van der Waals surface area contributed by atoms with Crippen molar-refractivity contribution in [2.24, 2.45) is 0 Å². The summed E-state index contributed by atoms with van der Waals surface area (Å²) < 4.78 is 14.2. The van der Waals surface area contributed by atoms with Gasteiger partial charge in [-0.05, 0) is 43.4 Å². The molecule has 0 aliphatic rings. The molecular weight excluding hydrogens is 485 g/mol. The van der Waals surface area contributed by atoms with E-state index in [1.165, 1.54) is 5.56 Å². The first kappa shape index (κ1) is 28.3. The molecule has 1 heterocycles. The van der Waals surface area contributed by atoms with Crippen LogP contribution in [0.1, 0.15) is 61.1 Å². The molecule has 0 fully saturated rings. The smallest absolute Gasteiger partial charge is 0.307 e. The number of nitrogens with zero attached hydrogens (tertiary/aromatic N) is 3. The number of aliphatic hydroxyl groups excluding tert-OH is 1. The van der Waals surface area contributed by atoms with Crippen molar-refractivity contribution in [3.63, 3.8) is 0 Å². The number of aliphatic hydroxyl groups is 1. The third kappa shape index (κ3) is 6.52. The molecule has 0 saturated heterocycles. The number of rotatable bonds is 10. The minimum atomic E-state index is -0.948. The topological polar surface area (TPSA) is 113 Å². The van der Waals surface area contributed by atoms with Crippen molar-refractivity contribution in [2.75, 3.05) is 24.3 Å². The Morgan fingerprint density at radius 1 is 1.29 bits per heavy atom. The highest BCUT2D eigenvalue weighted by Crippen LogP contribution is 2.33. The summed E-state index contributed by atoms with van der Waals surface area (Å²) in [6, 6.07) is 8.38. The second kappa shape index (κ2) is 13.3. The number of nitrogens with one attached hydrogen (secondary N) is 2. The first-order chi connectivity index (χ1) is 18.3. The maximum absolute atomic E-state index is 14.2. The first-order valence-electron chi connectivity index (χ1n) is 12.5. The van der Waals surface area contributed by atoms with E-state index >= 15 is 0 Å². The van der Waals surface area contributed by atoms with Gasteiger partial charge in [0.1, 0.15) is 0 Å². The number of aryl methyl sites for hydroxylation is 1. The molecule has 0 bridgehead atoms. The van der Waals surface area contributed by atoms with Crippen LogP contribution in [0.15, 0.2) is 42.6 Å². The van der Waals surface area contributed by atoms with E-state index in [4.69, 9.17) is 4.98 Å². The van der Waals surface area contributed by atoms with Gasteiger partial charge in [-0.15, -0.1) is 0 Å². The van der Waals surface area contributed by atoms with Gasteiger partial charge in [-0.1, -0.05) is 49.5 Å². The van der Waals surface area contributed by atoms with Gasteiger partial charge in [0, 0.05) is 37.4 Å². The Morgan fingerprint density at radius 2 is 2.08 bits per heavy atom. The third-order valence-corrected chi connectivity index (χ3v) is 6.13. The normalized spacial score (nSPS) is 11.1. The molecule has 8 nitrogen and oxygen atoms in total. The summed E-state index contributed by atoms with van der Waals surface area (Å²) in [5.74, 6) is 5.21. The Balaban J connectivity index is 2.14. The molecule has 38 heavy (non-hydrogen) atoms. The zero-order valence-electron chi connectivity index (χ0n) is 22.1. The van der Waals surface area contributed by atoms with Crippen LogP contribution in [0.2, 0.25) is 0 Å². The molecule has 0 amide bonds. The lowest BCUT2D eigenvalue weighted by molar-refractivity contribution is -0.387. The van der Waals surface area contributed by atoms with E-state index in [9.17, 15) is 19.6 Å². The number of allylic oxidation sites excluding steroid dienone is 1. The van der Waals surface area contributed by atoms with Gasteiger partial charge in [0.05, 0.1) is 34.2 Å². The average molecular weight is 518 g/mol. The fourth-order valence-corrected chi connectivity index (χ4v) is 4.12. The third-order valence-electron chi connectivity index (χ3n) is 6.13. The van der Waals surface area contributed by atoms with Crippen molar-refractivity contribution in [1.29, 1.82) is 0 Å². The van der Waals surface area contributed by atoms with Gasteiger partial charge in [0.25, 0.3) is 0 Å². The lowest BCUT2D eigenvalue weighted by Crippen LogP contribution is -2.07. The van der Waals surface area contributed by atoms with E-state index in [2.05, 4.69) is 47.4 Å². The van der Waals surface area contributed by atoms with Gasteiger partial charge >= 0.3 is 5.69 Å². The number of aromatic nitrogens is 2. The summed E-state index contributed by atoms with van der Waals surface area (Å²) >= 11 is 0. The number of nitro benzene ring substituents is 1. The molecule has 0 saturated carbocycles. The number of benzene rings is 2. The van der Waals surface area contributed by atoms with E-state index in [1.54, 1.807) is 13.2 Å². The summed E-state index contributed by atoms with van der Waals surface area (Å²) in [5.41, 5.74) is 5.36. The van der Waals surface area contributed by atoms with Crippen LogP contribution in [0.4, 0.5) is 27.4 Å². The van der Waals surface area contributed by atoms with E-state index in [0.29, 0.717) is 23.4 Å². The van der Waals surface area contributed by atoms with Gasteiger partial charge < -0.3 is 15.7 Å². The van der Waals surface area contributed by atoms with Crippen LogP contribution >= 0.6 is 0 Å². The Kier molecular flexibility index (Phi) is 9.91. The summed E-state index contributed by atoms with van der Waals surface area (Å²) in [6.07, 6.45) is 7.02. The number of anilines is 3. The number of unbranched alkanes of at least 4 members (excludes halogenated alkanes) is 1. The Bertz CT molecular complexity index is 1410. The van der Waals surface area contributed by atoms with Crippen LogP contribution in [0.5, 0.6) is 0 Å². The van der Waals surface area contributed by atoms with E-state index in [0.717, 1.165) is 48.1 Å². The molecule has 3 aromatic rings. The quantitative estimate of drug-likeness (QED) is 0.168. The Hall–Kier alpha value is -4.29. The lowest BCUT2D eigenvalue weighted by atomic mass is 9.91. The van der Waals surface area contributed by atoms with Gasteiger partial charge in [0.2, 0.25) is 11.8 Å². The summed E-state index contributed by atoms with van der Waals surface area (Å²) in [7, 11) is 1.59. The molecule has 3 N–H and O–H groups in total. The fourth-order valence-electron chi connectivity index (χ4n) is 4.12. The minimum Gasteiger partial charge on any atom is -0.395 e. The zero-order chi connectivity index (χ0) is 27.7. The zero-order valence-corrected chi connectivity index (χ0v) is 22.1. The van der Waals surface area contributed by atoms with Crippen molar-refractivity contribution < 1.29 is 14.4 Å².